The Labute approximate surface area is 62.8 Å². The molecule has 0 heterocycles. The molecule has 7 nitrogen and oxygen atoms in total. The normalized spacial score (nSPS) is 9.18. The van der Waals surface area contributed by atoms with Crippen LogP contribution in [0.15, 0.2) is 0 Å². The molecule has 0 aromatic carbocycles. The summed E-state index contributed by atoms with van der Waals surface area (Å²) in [5.74, 6) is 0. The molecule has 3 N–H and O–H groups in total. The number of rotatable bonds is 0. The fourth-order valence-corrected chi connectivity index (χ4v) is 0.0833. The highest BCUT2D eigenvalue weighted by Gasteiger charge is 2.00. The number of carbonyl (C=O) groups is 1. The second-order valence-electron chi connectivity index (χ2n) is 1.17. The van der Waals surface area contributed by atoms with Crippen LogP contribution in [0.5, 0.6) is 0 Å². The van der Waals surface area contributed by atoms with E-state index in [0.717, 1.165) is 0 Å². The first-order valence-corrected chi connectivity index (χ1v) is 3.78. The van der Waals surface area contributed by atoms with Crippen molar-refractivity contribution in [2.45, 2.75) is 0 Å². The van der Waals surface area contributed by atoms with Crippen molar-refractivity contribution >= 4 is 14.0 Å². The molecule has 0 atom stereocenters. The van der Waals surface area contributed by atoms with E-state index in [2.05, 4.69) is 9.47 Å². The fraction of sp³-hybridized carbons (Fsp3) is 0.667. The average Bonchev–Trinajstić information content (AvgIpc) is 1.83. The van der Waals surface area contributed by atoms with Crippen molar-refractivity contribution in [1.82, 2.24) is 0 Å². The fourth-order valence-electron chi connectivity index (χ4n) is 0.0833. The van der Waals surface area contributed by atoms with Gasteiger partial charge < -0.3 is 24.2 Å². The molecule has 0 aliphatic rings. The molecule has 0 amide bonds. The van der Waals surface area contributed by atoms with E-state index in [1.165, 1.54) is 14.2 Å². The van der Waals surface area contributed by atoms with Crippen molar-refractivity contribution < 1.29 is 33.5 Å². The molecule has 0 rings (SSSR count). The number of carbonyl (C=O) groups excluding carboxylic acids is 1. The largest absolute Gasteiger partial charge is 0.507 e. The summed E-state index contributed by atoms with van der Waals surface area (Å²) in [4.78, 5) is 31.3. The first-order valence-electron chi connectivity index (χ1n) is 2.21. The van der Waals surface area contributed by atoms with Crippen molar-refractivity contribution in [3.8, 4) is 0 Å². The van der Waals surface area contributed by atoms with Crippen LogP contribution in [0.4, 0.5) is 4.79 Å². The number of hydrogen-bond acceptors (Lipinski definition) is 4. The van der Waals surface area contributed by atoms with Crippen LogP contribution in [0.1, 0.15) is 0 Å². The number of hydrogen-bond donors (Lipinski definition) is 3. The van der Waals surface area contributed by atoms with Crippen LogP contribution in [-0.4, -0.2) is 35.1 Å². The van der Waals surface area contributed by atoms with E-state index in [4.69, 9.17) is 19.2 Å². The summed E-state index contributed by atoms with van der Waals surface area (Å²) < 4.78 is 17.0. The average molecular weight is 188 g/mol. The topological polar surface area (TPSA) is 113 Å². The maximum atomic E-state index is 9.74. The molecule has 0 aromatic heterocycles. The van der Waals surface area contributed by atoms with Crippen molar-refractivity contribution in [2.24, 2.45) is 0 Å². The van der Waals surface area contributed by atoms with E-state index >= 15 is 0 Å². The minimum Gasteiger partial charge on any atom is -0.438 e. The van der Waals surface area contributed by atoms with Crippen molar-refractivity contribution in [1.29, 1.82) is 0 Å². The lowest BCUT2D eigenvalue weighted by Crippen LogP contribution is -1.97. The van der Waals surface area contributed by atoms with E-state index in [-0.39, 0.29) is 0 Å². The minimum absolute atomic E-state index is 0.657. The van der Waals surface area contributed by atoms with Crippen molar-refractivity contribution in [3.05, 3.63) is 0 Å². The molecule has 0 fully saturated rings. The third-order valence-corrected chi connectivity index (χ3v) is 0.333. The van der Waals surface area contributed by atoms with Gasteiger partial charge in [0.1, 0.15) is 0 Å². The Morgan fingerprint density at radius 2 is 1.36 bits per heavy atom. The van der Waals surface area contributed by atoms with Gasteiger partial charge in [0.25, 0.3) is 0 Å². The molecule has 0 saturated heterocycles. The molecule has 0 spiro atoms. The zero-order valence-corrected chi connectivity index (χ0v) is 6.82. The second-order valence-corrected chi connectivity index (χ2v) is 2.20. The third kappa shape index (κ3) is 44.7. The number of ether oxygens (including phenoxy) is 2. The first kappa shape index (κ1) is 13.0. The Hall–Kier alpha value is -0.620. The summed E-state index contributed by atoms with van der Waals surface area (Å²) in [6.45, 7) is 0. The molecule has 0 aliphatic heterocycles. The van der Waals surface area contributed by atoms with Gasteiger partial charge in [-0.1, -0.05) is 0 Å². The molecule has 11 heavy (non-hydrogen) atoms. The van der Waals surface area contributed by atoms with Crippen molar-refractivity contribution in [3.63, 3.8) is 0 Å². The van der Waals surface area contributed by atoms with Gasteiger partial charge in [-0.2, -0.15) is 0 Å². The SMILES string of the molecule is COC(=O)OC.O=P(O)(O)O. The van der Waals surface area contributed by atoms with E-state index in [9.17, 15) is 4.79 Å². The monoisotopic (exact) mass is 188 g/mol. The van der Waals surface area contributed by atoms with Gasteiger partial charge in [0, 0.05) is 0 Å². The lowest BCUT2D eigenvalue weighted by molar-refractivity contribution is 0.0924. The summed E-state index contributed by atoms with van der Waals surface area (Å²) >= 11 is 0. The molecule has 68 valence electrons. The smallest absolute Gasteiger partial charge is 0.438 e. The Bertz CT molecular complexity index is 134. The molecular weight excluding hydrogens is 179 g/mol. The molecule has 8 heteroatoms. The Morgan fingerprint density at radius 3 is 1.36 bits per heavy atom. The van der Waals surface area contributed by atoms with E-state index < -0.39 is 14.0 Å². The van der Waals surface area contributed by atoms with Crippen LogP contribution in [0, 0.1) is 0 Å². The molecule has 0 aromatic rings. The maximum absolute atomic E-state index is 9.74. The Kier molecular flexibility index (Phi) is 7.23. The summed E-state index contributed by atoms with van der Waals surface area (Å²) in [6.07, 6.45) is -0.657. The zero-order chi connectivity index (χ0) is 9.49. The van der Waals surface area contributed by atoms with Gasteiger partial charge in [0.15, 0.2) is 0 Å². The first-order chi connectivity index (χ1) is 4.81. The summed E-state index contributed by atoms with van der Waals surface area (Å²) in [7, 11) is -2.13. The number of methoxy groups -OCH3 is 2. The predicted octanol–water partition coefficient (Wildman–Crippen LogP) is -0.529. The maximum Gasteiger partial charge on any atom is 0.507 e. The molecule has 0 aliphatic carbocycles. The van der Waals surface area contributed by atoms with Gasteiger partial charge in [-0.05, 0) is 0 Å². The lowest BCUT2D eigenvalue weighted by atomic mass is 11.3. The lowest BCUT2D eigenvalue weighted by Gasteiger charge is -1.89. The van der Waals surface area contributed by atoms with E-state index in [1.807, 2.05) is 0 Å². The van der Waals surface area contributed by atoms with Crippen molar-refractivity contribution in [2.75, 3.05) is 14.2 Å². The Morgan fingerprint density at radius 1 is 1.18 bits per heavy atom. The van der Waals surface area contributed by atoms with Gasteiger partial charge in [0.2, 0.25) is 0 Å². The van der Waals surface area contributed by atoms with Crippen LogP contribution in [0.25, 0.3) is 0 Å². The summed E-state index contributed by atoms with van der Waals surface area (Å²) in [6, 6.07) is 0. The standard InChI is InChI=1S/C3H6O3.H3O4P/c1-5-3(4)6-2;1-5(2,3)4/h1-2H3;(H3,1,2,3,4). The highest BCUT2D eigenvalue weighted by Crippen LogP contribution is 2.25. The molecule has 0 bridgehead atoms. The quantitative estimate of drug-likeness (QED) is 0.346. The van der Waals surface area contributed by atoms with Crippen LogP contribution in [0.3, 0.4) is 0 Å². The van der Waals surface area contributed by atoms with Gasteiger partial charge >= 0.3 is 14.0 Å². The van der Waals surface area contributed by atoms with Gasteiger partial charge in [-0.3, -0.25) is 0 Å². The van der Waals surface area contributed by atoms with Crippen LogP contribution < -0.4 is 0 Å². The zero-order valence-electron chi connectivity index (χ0n) is 5.92. The molecule has 0 unspecified atom stereocenters. The van der Waals surface area contributed by atoms with Gasteiger partial charge in [0.05, 0.1) is 14.2 Å². The van der Waals surface area contributed by atoms with Gasteiger partial charge in [-0.15, -0.1) is 0 Å². The van der Waals surface area contributed by atoms with E-state index in [1.54, 1.807) is 0 Å². The van der Waals surface area contributed by atoms with E-state index in [0.29, 0.717) is 0 Å². The second kappa shape index (κ2) is 6.11. The third-order valence-electron chi connectivity index (χ3n) is 0.333. The Balaban J connectivity index is 0. The van der Waals surface area contributed by atoms with Crippen LogP contribution in [-0.2, 0) is 14.0 Å². The van der Waals surface area contributed by atoms with Gasteiger partial charge in [-0.25, -0.2) is 9.36 Å². The summed E-state index contributed by atoms with van der Waals surface area (Å²) in [5.41, 5.74) is 0. The molecular formula is C3H9O7P. The predicted molar refractivity (Wildman–Crippen MR) is 33.7 cm³/mol. The highest BCUT2D eigenvalue weighted by atomic mass is 31.2. The summed E-state index contributed by atoms with van der Waals surface area (Å²) in [5, 5.41) is 0. The number of phosphoric acid groups is 1. The minimum atomic E-state index is -4.64. The highest BCUT2D eigenvalue weighted by molar-refractivity contribution is 7.45. The molecule has 0 radical (unpaired) electrons. The van der Waals surface area contributed by atoms with Crippen LogP contribution >= 0.6 is 7.82 Å². The molecule has 0 saturated carbocycles. The van der Waals surface area contributed by atoms with Crippen LogP contribution in [0.2, 0.25) is 0 Å².